The first-order valence-corrected chi connectivity index (χ1v) is 12.6. The predicted octanol–water partition coefficient (Wildman–Crippen LogP) is 2.09. The molecule has 1 aliphatic heterocycles. The Morgan fingerprint density at radius 1 is 1.23 bits per heavy atom. The Kier molecular flexibility index (Phi) is 8.84. The van der Waals surface area contributed by atoms with Crippen molar-refractivity contribution in [3.05, 3.63) is 11.6 Å². The highest BCUT2D eigenvalue weighted by Crippen LogP contribution is 2.26. The number of aliphatic imine (C=N–C) groups is 1. The summed E-state index contributed by atoms with van der Waals surface area (Å²) in [5, 5.41) is 15.3. The molecule has 1 aliphatic carbocycles. The molecule has 1 unspecified atom stereocenters. The number of nitrogens with zero attached hydrogens (tertiary/aromatic N) is 5. The molecule has 3 rings (SSSR count). The van der Waals surface area contributed by atoms with Gasteiger partial charge in [-0.1, -0.05) is 19.3 Å². The fourth-order valence-electron chi connectivity index (χ4n) is 4.19. The number of aryl methyl sites for hydroxylation is 1. The molecular weight excluding hydrogens is 398 g/mol. The normalized spacial score (nSPS) is 20.6. The van der Waals surface area contributed by atoms with Crippen LogP contribution in [0.2, 0.25) is 0 Å². The van der Waals surface area contributed by atoms with Gasteiger partial charge in [0, 0.05) is 38.6 Å². The van der Waals surface area contributed by atoms with Crippen molar-refractivity contribution in [2.24, 2.45) is 18.0 Å². The number of amides is 1. The van der Waals surface area contributed by atoms with E-state index in [2.05, 4.69) is 32.0 Å². The largest absolute Gasteiger partial charge is 0.356 e. The second-order valence-corrected chi connectivity index (χ2v) is 9.40. The van der Waals surface area contributed by atoms with E-state index in [4.69, 9.17) is 4.99 Å². The Hall–Kier alpha value is -1.77. The number of thioether (sulfide) groups is 1. The number of carbonyl (C=O) groups is 1. The molecule has 30 heavy (non-hydrogen) atoms. The summed E-state index contributed by atoms with van der Waals surface area (Å²) in [5.74, 6) is 4.26. The van der Waals surface area contributed by atoms with E-state index < -0.39 is 0 Å². The Balaban J connectivity index is 1.55. The zero-order valence-electron chi connectivity index (χ0n) is 18.7. The lowest BCUT2D eigenvalue weighted by Crippen LogP contribution is -2.46. The van der Waals surface area contributed by atoms with Crippen molar-refractivity contribution in [3.63, 3.8) is 0 Å². The van der Waals surface area contributed by atoms with Crippen molar-refractivity contribution < 1.29 is 4.79 Å². The molecule has 1 atom stereocenters. The van der Waals surface area contributed by atoms with Crippen molar-refractivity contribution in [2.75, 3.05) is 31.6 Å². The second kappa shape index (κ2) is 11.6. The third kappa shape index (κ3) is 6.36. The number of guanidine groups is 1. The third-order valence-electron chi connectivity index (χ3n) is 6.17. The molecule has 8 nitrogen and oxygen atoms in total. The molecule has 1 saturated heterocycles. The molecule has 1 aromatic rings. The van der Waals surface area contributed by atoms with Crippen LogP contribution in [0.1, 0.15) is 56.6 Å². The molecule has 1 saturated carbocycles. The lowest BCUT2D eigenvalue weighted by Gasteiger charge is -2.26. The van der Waals surface area contributed by atoms with Gasteiger partial charge in [-0.2, -0.15) is 11.8 Å². The summed E-state index contributed by atoms with van der Waals surface area (Å²) in [6.45, 7) is 4.91. The summed E-state index contributed by atoms with van der Waals surface area (Å²) in [6.07, 6.45) is 9.98. The molecule has 0 radical (unpaired) electrons. The fourth-order valence-corrected chi connectivity index (χ4v) is 4.63. The Morgan fingerprint density at radius 2 is 2.03 bits per heavy atom. The summed E-state index contributed by atoms with van der Waals surface area (Å²) < 4.78 is 1.97. The minimum Gasteiger partial charge on any atom is -0.356 e. The number of rotatable bonds is 8. The minimum absolute atomic E-state index is 0.241. The average molecular weight is 436 g/mol. The van der Waals surface area contributed by atoms with Crippen LogP contribution in [0.15, 0.2) is 4.99 Å². The van der Waals surface area contributed by atoms with Gasteiger partial charge >= 0.3 is 0 Å². The maximum absolute atomic E-state index is 12.9. The molecule has 2 N–H and O–H groups in total. The van der Waals surface area contributed by atoms with Gasteiger partial charge in [0.25, 0.3) is 0 Å². The van der Waals surface area contributed by atoms with Crippen LogP contribution in [0.4, 0.5) is 0 Å². The third-order valence-corrected chi connectivity index (χ3v) is 6.87. The molecule has 2 heterocycles. The summed E-state index contributed by atoms with van der Waals surface area (Å²) in [4.78, 5) is 19.7. The van der Waals surface area contributed by atoms with Gasteiger partial charge in [0.15, 0.2) is 11.8 Å². The molecule has 1 amide bonds. The number of hydrogen-bond donors (Lipinski definition) is 2. The van der Waals surface area contributed by atoms with E-state index in [1.165, 1.54) is 19.3 Å². The van der Waals surface area contributed by atoms with Crippen LogP contribution in [0.3, 0.4) is 0 Å². The summed E-state index contributed by atoms with van der Waals surface area (Å²) in [6, 6.07) is 0.241. The summed E-state index contributed by atoms with van der Waals surface area (Å²) in [7, 11) is 1.96. The first kappa shape index (κ1) is 22.9. The van der Waals surface area contributed by atoms with Crippen LogP contribution >= 0.6 is 11.8 Å². The van der Waals surface area contributed by atoms with Gasteiger partial charge < -0.3 is 20.1 Å². The Labute approximate surface area is 184 Å². The first-order chi connectivity index (χ1) is 14.6. The monoisotopic (exact) mass is 435 g/mol. The second-order valence-electron chi connectivity index (χ2n) is 8.41. The average Bonchev–Trinajstić information content (AvgIpc) is 3.36. The van der Waals surface area contributed by atoms with Crippen molar-refractivity contribution in [1.29, 1.82) is 0 Å². The highest BCUT2D eigenvalue weighted by Gasteiger charge is 2.31. The van der Waals surface area contributed by atoms with Gasteiger partial charge in [-0.3, -0.25) is 4.79 Å². The first-order valence-electron chi connectivity index (χ1n) is 11.3. The van der Waals surface area contributed by atoms with Gasteiger partial charge in [0.1, 0.15) is 12.4 Å². The minimum atomic E-state index is 0.241. The quantitative estimate of drug-likeness (QED) is 0.369. The van der Waals surface area contributed by atoms with Crippen LogP contribution in [-0.4, -0.2) is 69.2 Å². The number of aromatic nitrogens is 3. The van der Waals surface area contributed by atoms with Crippen molar-refractivity contribution in [3.8, 4) is 0 Å². The molecule has 0 bridgehead atoms. The standard InChI is InChI=1S/C21H37N7OS/c1-16-25-26-19(27(16)2)14-23-21(22-11-7-13-30-3)24-18-10-12-28(15-18)20(29)17-8-5-4-6-9-17/h17-18H,4-15H2,1-3H3,(H2,22,23,24). The lowest BCUT2D eigenvalue weighted by atomic mass is 9.88. The maximum Gasteiger partial charge on any atom is 0.225 e. The van der Waals surface area contributed by atoms with Gasteiger partial charge in [0.05, 0.1) is 0 Å². The van der Waals surface area contributed by atoms with Crippen molar-refractivity contribution in [1.82, 2.24) is 30.3 Å². The zero-order valence-corrected chi connectivity index (χ0v) is 19.5. The van der Waals surface area contributed by atoms with E-state index in [0.717, 1.165) is 68.7 Å². The molecule has 0 spiro atoms. The van der Waals surface area contributed by atoms with Gasteiger partial charge in [-0.05, 0) is 44.6 Å². The number of carbonyl (C=O) groups excluding carboxylic acids is 1. The van der Waals surface area contributed by atoms with E-state index in [0.29, 0.717) is 12.5 Å². The number of likely N-dealkylation sites (tertiary alicyclic amines) is 1. The van der Waals surface area contributed by atoms with Gasteiger partial charge in [-0.15, -0.1) is 10.2 Å². The summed E-state index contributed by atoms with van der Waals surface area (Å²) in [5.41, 5.74) is 0. The van der Waals surface area contributed by atoms with Crippen molar-refractivity contribution >= 4 is 23.6 Å². The van der Waals surface area contributed by atoms with Crippen LogP contribution < -0.4 is 10.6 Å². The molecular formula is C21H37N7OS. The van der Waals surface area contributed by atoms with E-state index >= 15 is 0 Å². The molecule has 9 heteroatoms. The molecule has 2 aliphatic rings. The zero-order chi connectivity index (χ0) is 21.3. The topological polar surface area (TPSA) is 87.4 Å². The fraction of sp³-hybridized carbons (Fsp3) is 0.810. The van der Waals surface area contributed by atoms with E-state index in [9.17, 15) is 4.79 Å². The van der Waals surface area contributed by atoms with Crippen LogP contribution in [0, 0.1) is 12.8 Å². The SMILES string of the molecule is CSCCCNC(=NCc1nnc(C)n1C)NC1CCN(C(=O)C2CCCCC2)C1. The van der Waals surface area contributed by atoms with E-state index in [1.54, 1.807) is 0 Å². The van der Waals surface area contributed by atoms with Gasteiger partial charge in [0.2, 0.25) is 5.91 Å². The molecule has 168 valence electrons. The number of hydrogen-bond acceptors (Lipinski definition) is 5. The highest BCUT2D eigenvalue weighted by atomic mass is 32.2. The Morgan fingerprint density at radius 3 is 2.73 bits per heavy atom. The molecule has 0 aromatic carbocycles. The molecule has 2 fully saturated rings. The van der Waals surface area contributed by atoms with E-state index in [1.807, 2.05) is 30.3 Å². The number of nitrogens with one attached hydrogen (secondary N) is 2. The lowest BCUT2D eigenvalue weighted by molar-refractivity contribution is -0.135. The van der Waals surface area contributed by atoms with Crippen molar-refractivity contribution in [2.45, 2.75) is 64.5 Å². The van der Waals surface area contributed by atoms with Crippen LogP contribution in [0.5, 0.6) is 0 Å². The molecule has 1 aromatic heterocycles. The maximum atomic E-state index is 12.9. The smallest absolute Gasteiger partial charge is 0.225 e. The van der Waals surface area contributed by atoms with E-state index in [-0.39, 0.29) is 12.0 Å². The van der Waals surface area contributed by atoms with Gasteiger partial charge in [-0.25, -0.2) is 4.99 Å². The highest BCUT2D eigenvalue weighted by molar-refractivity contribution is 7.98. The predicted molar refractivity (Wildman–Crippen MR) is 123 cm³/mol. The van der Waals surface area contributed by atoms with Crippen LogP contribution in [-0.2, 0) is 18.4 Å². The summed E-state index contributed by atoms with van der Waals surface area (Å²) >= 11 is 1.85. The van der Waals surface area contributed by atoms with Crippen LogP contribution in [0.25, 0.3) is 0 Å². The Bertz CT molecular complexity index is 714.